The maximum atomic E-state index is 13.2. The molecular weight excluding hydrogens is 425 g/mol. The predicted octanol–water partition coefficient (Wildman–Crippen LogP) is 3.01. The molecule has 7 nitrogen and oxygen atoms in total. The van der Waals surface area contributed by atoms with Crippen LogP contribution >= 0.6 is 23.2 Å². The molecule has 2 aliphatic heterocycles. The molecule has 0 bridgehead atoms. The fourth-order valence-corrected chi connectivity index (χ4v) is 4.56. The summed E-state index contributed by atoms with van der Waals surface area (Å²) in [7, 11) is 0. The molecule has 160 valence electrons. The molecule has 1 aromatic heterocycles. The number of amides is 2. The van der Waals surface area contributed by atoms with Gasteiger partial charge in [-0.25, -0.2) is 9.78 Å². The Labute approximate surface area is 186 Å². The number of imidazole rings is 1. The summed E-state index contributed by atoms with van der Waals surface area (Å²) < 4.78 is 1.49. The van der Waals surface area contributed by atoms with Gasteiger partial charge in [0.2, 0.25) is 5.91 Å². The lowest BCUT2D eigenvalue weighted by Gasteiger charge is -2.42. The molecular formula is C21H25Cl2N5O2. The average molecular weight is 450 g/mol. The molecule has 0 N–H and O–H groups in total. The Balaban J connectivity index is 1.47. The summed E-state index contributed by atoms with van der Waals surface area (Å²) in [6.07, 6.45) is 7.39. The predicted molar refractivity (Wildman–Crippen MR) is 116 cm³/mol. The van der Waals surface area contributed by atoms with Crippen molar-refractivity contribution in [3.8, 4) is 0 Å². The summed E-state index contributed by atoms with van der Waals surface area (Å²) in [5, 5.41) is 0.928. The molecule has 2 aliphatic rings. The van der Waals surface area contributed by atoms with Crippen LogP contribution in [-0.2, 0) is 11.2 Å². The first kappa shape index (κ1) is 21.2. The minimum atomic E-state index is -0.101. The van der Waals surface area contributed by atoms with Crippen LogP contribution in [0.5, 0.6) is 0 Å². The smallest absolute Gasteiger partial charge is 0.329 e. The van der Waals surface area contributed by atoms with Gasteiger partial charge in [-0.2, -0.15) is 0 Å². The highest BCUT2D eigenvalue weighted by Crippen LogP contribution is 2.24. The highest BCUT2D eigenvalue weighted by atomic mass is 35.5. The van der Waals surface area contributed by atoms with Crippen molar-refractivity contribution >= 4 is 35.1 Å². The number of carbonyl (C=O) groups is 2. The third-order valence-electron chi connectivity index (χ3n) is 5.81. The van der Waals surface area contributed by atoms with Gasteiger partial charge >= 0.3 is 6.03 Å². The van der Waals surface area contributed by atoms with Gasteiger partial charge in [-0.05, 0) is 43.6 Å². The highest BCUT2D eigenvalue weighted by molar-refractivity contribution is 6.42. The fraction of sp³-hybridized carbons (Fsp3) is 0.476. The second-order valence-electron chi connectivity index (χ2n) is 7.87. The van der Waals surface area contributed by atoms with Crippen molar-refractivity contribution in [3.63, 3.8) is 0 Å². The maximum absolute atomic E-state index is 13.2. The van der Waals surface area contributed by atoms with E-state index in [0.29, 0.717) is 29.7 Å². The van der Waals surface area contributed by atoms with Crippen LogP contribution in [0.1, 0.15) is 18.4 Å². The molecule has 2 fully saturated rings. The van der Waals surface area contributed by atoms with E-state index in [0.717, 1.165) is 25.2 Å². The number of nitrogens with zero attached hydrogens (tertiary/aromatic N) is 5. The van der Waals surface area contributed by atoms with E-state index in [9.17, 15) is 9.59 Å². The number of carbonyl (C=O) groups excluding carboxylic acids is 2. The Kier molecular flexibility index (Phi) is 6.61. The zero-order chi connectivity index (χ0) is 21.1. The van der Waals surface area contributed by atoms with Crippen LogP contribution in [0.4, 0.5) is 4.79 Å². The lowest BCUT2D eigenvalue weighted by Crippen LogP contribution is -2.60. The lowest BCUT2D eigenvalue weighted by atomic mass is 10.1. The maximum Gasteiger partial charge on any atom is 0.329 e. The Hall–Kier alpha value is -2.09. The molecule has 30 heavy (non-hydrogen) atoms. The number of rotatable bonds is 4. The van der Waals surface area contributed by atoms with Gasteiger partial charge in [0.1, 0.15) is 6.33 Å². The Morgan fingerprint density at radius 3 is 2.57 bits per heavy atom. The van der Waals surface area contributed by atoms with E-state index in [1.54, 1.807) is 24.5 Å². The van der Waals surface area contributed by atoms with Crippen molar-refractivity contribution in [2.45, 2.75) is 25.3 Å². The molecule has 1 aromatic carbocycles. The fourth-order valence-electron chi connectivity index (χ4n) is 4.24. The third-order valence-corrected chi connectivity index (χ3v) is 6.54. The monoisotopic (exact) mass is 449 g/mol. The quantitative estimate of drug-likeness (QED) is 0.719. The van der Waals surface area contributed by atoms with Gasteiger partial charge < -0.3 is 14.7 Å². The molecule has 0 radical (unpaired) electrons. The second-order valence-corrected chi connectivity index (χ2v) is 8.69. The summed E-state index contributed by atoms with van der Waals surface area (Å²) in [6, 6.07) is 5.15. The van der Waals surface area contributed by atoms with Crippen LogP contribution in [0.25, 0.3) is 0 Å². The van der Waals surface area contributed by atoms with Crippen molar-refractivity contribution in [2.24, 2.45) is 0 Å². The Bertz CT molecular complexity index is 899. The van der Waals surface area contributed by atoms with E-state index in [1.807, 2.05) is 15.9 Å². The number of piperazine rings is 1. The number of benzene rings is 1. The molecule has 0 saturated carbocycles. The Morgan fingerprint density at radius 2 is 1.87 bits per heavy atom. The molecule has 4 rings (SSSR count). The molecule has 9 heteroatoms. The molecule has 1 atom stereocenters. The lowest BCUT2D eigenvalue weighted by molar-refractivity contribution is -0.135. The number of aromatic nitrogens is 2. The van der Waals surface area contributed by atoms with Crippen molar-refractivity contribution in [3.05, 3.63) is 52.5 Å². The molecule has 0 aliphatic carbocycles. The molecule has 2 aromatic rings. The summed E-state index contributed by atoms with van der Waals surface area (Å²) in [4.78, 5) is 36.0. The van der Waals surface area contributed by atoms with E-state index in [2.05, 4.69) is 9.88 Å². The minimum absolute atomic E-state index is 0.0420. The van der Waals surface area contributed by atoms with Gasteiger partial charge in [0.05, 0.1) is 22.5 Å². The van der Waals surface area contributed by atoms with Crippen LogP contribution in [0.2, 0.25) is 10.0 Å². The summed E-state index contributed by atoms with van der Waals surface area (Å²) in [5.74, 6) is 0.0484. The van der Waals surface area contributed by atoms with Crippen molar-refractivity contribution < 1.29 is 9.59 Å². The zero-order valence-electron chi connectivity index (χ0n) is 16.7. The SMILES string of the molecule is O=C(Cc1ccc(Cl)c(Cl)c1)N1CCN(C(=O)n2ccnc2)CC1CN1CCCC1. The van der Waals surface area contributed by atoms with E-state index in [-0.39, 0.29) is 24.4 Å². The van der Waals surface area contributed by atoms with Crippen molar-refractivity contribution in [2.75, 3.05) is 39.3 Å². The van der Waals surface area contributed by atoms with Crippen molar-refractivity contribution in [1.82, 2.24) is 24.3 Å². The van der Waals surface area contributed by atoms with Crippen LogP contribution in [0.15, 0.2) is 36.9 Å². The Morgan fingerprint density at radius 1 is 1.07 bits per heavy atom. The van der Waals surface area contributed by atoms with Gasteiger partial charge in [-0.15, -0.1) is 0 Å². The topological polar surface area (TPSA) is 61.7 Å². The first-order chi connectivity index (χ1) is 14.5. The van der Waals surface area contributed by atoms with Crippen LogP contribution in [-0.4, -0.2) is 81.5 Å². The largest absolute Gasteiger partial charge is 0.335 e. The van der Waals surface area contributed by atoms with Gasteiger partial charge in [-0.3, -0.25) is 9.36 Å². The van der Waals surface area contributed by atoms with Crippen LogP contribution < -0.4 is 0 Å². The zero-order valence-corrected chi connectivity index (χ0v) is 18.2. The molecule has 3 heterocycles. The van der Waals surface area contributed by atoms with Crippen LogP contribution in [0.3, 0.4) is 0 Å². The highest BCUT2D eigenvalue weighted by Gasteiger charge is 2.34. The number of hydrogen-bond acceptors (Lipinski definition) is 4. The van der Waals surface area contributed by atoms with Gasteiger partial charge in [0.15, 0.2) is 0 Å². The summed E-state index contributed by atoms with van der Waals surface area (Å²) in [6.45, 7) is 4.39. The van der Waals surface area contributed by atoms with Gasteiger partial charge in [0, 0.05) is 38.6 Å². The molecule has 1 unspecified atom stereocenters. The summed E-state index contributed by atoms with van der Waals surface area (Å²) in [5.41, 5.74) is 0.839. The summed E-state index contributed by atoms with van der Waals surface area (Å²) >= 11 is 12.1. The number of likely N-dealkylation sites (tertiary alicyclic amines) is 1. The number of halogens is 2. The average Bonchev–Trinajstić information content (AvgIpc) is 3.44. The number of hydrogen-bond donors (Lipinski definition) is 0. The van der Waals surface area contributed by atoms with Gasteiger partial charge in [0.25, 0.3) is 0 Å². The second kappa shape index (κ2) is 9.37. The molecule has 2 saturated heterocycles. The minimum Gasteiger partial charge on any atom is -0.335 e. The molecule has 0 spiro atoms. The van der Waals surface area contributed by atoms with E-state index >= 15 is 0 Å². The third kappa shape index (κ3) is 4.79. The van der Waals surface area contributed by atoms with E-state index in [4.69, 9.17) is 23.2 Å². The molecule has 2 amide bonds. The van der Waals surface area contributed by atoms with Crippen molar-refractivity contribution in [1.29, 1.82) is 0 Å². The van der Waals surface area contributed by atoms with Gasteiger partial charge in [-0.1, -0.05) is 29.3 Å². The first-order valence-corrected chi connectivity index (χ1v) is 11.0. The standard InChI is InChI=1S/C21H25Cl2N5O2/c22-18-4-3-16(11-19(18)23)12-20(29)28-10-9-26(21(30)27-8-5-24-15-27)14-17(28)13-25-6-1-2-7-25/h3-5,8,11,15,17H,1-2,6-7,9-10,12-14H2. The normalized spacial score (nSPS) is 20.0. The van der Waals surface area contributed by atoms with E-state index < -0.39 is 0 Å². The van der Waals surface area contributed by atoms with Crippen LogP contribution in [0, 0.1) is 0 Å². The first-order valence-electron chi connectivity index (χ1n) is 10.2. The van der Waals surface area contributed by atoms with E-state index in [1.165, 1.54) is 23.7 Å².